The van der Waals surface area contributed by atoms with E-state index in [1.165, 1.54) is 0 Å². The van der Waals surface area contributed by atoms with Crippen LogP contribution in [0, 0.1) is 18.4 Å². The van der Waals surface area contributed by atoms with Gasteiger partial charge in [0.25, 0.3) is 0 Å². The molecule has 6 heteroatoms. The van der Waals surface area contributed by atoms with Crippen LogP contribution < -0.4 is 5.32 Å². The molecule has 2 aromatic heterocycles. The summed E-state index contributed by atoms with van der Waals surface area (Å²) in [4.78, 5) is 4.28. The fourth-order valence-corrected chi connectivity index (χ4v) is 1.81. The average Bonchev–Trinajstić information content (AvgIpc) is 2.79. The monoisotopic (exact) mass is 251 g/mol. The van der Waals surface area contributed by atoms with Crippen LogP contribution in [-0.2, 0) is 0 Å². The molecule has 1 N–H and O–H groups in total. The maximum absolute atomic E-state index is 8.48. The lowest BCUT2D eigenvalue weighted by Crippen LogP contribution is -1.94. The molecule has 19 heavy (non-hydrogen) atoms. The lowest BCUT2D eigenvalue weighted by Gasteiger charge is -2.00. The summed E-state index contributed by atoms with van der Waals surface area (Å²) in [6.07, 6.45) is 1.80. The molecule has 0 aliphatic rings. The van der Waals surface area contributed by atoms with E-state index in [1.807, 2.05) is 25.1 Å². The van der Waals surface area contributed by atoms with Crippen molar-refractivity contribution in [3.05, 3.63) is 36.2 Å². The average molecular weight is 251 g/mol. The number of nitrogens with zero attached hydrogens (tertiary/aromatic N) is 4. The van der Waals surface area contributed by atoms with Crippen molar-refractivity contribution in [3.63, 3.8) is 0 Å². The van der Waals surface area contributed by atoms with E-state index in [0.29, 0.717) is 17.4 Å². The number of hydrogen-bond acceptors (Lipinski definition) is 6. The normalized spacial score (nSPS) is 10.3. The van der Waals surface area contributed by atoms with Crippen molar-refractivity contribution < 1.29 is 4.42 Å². The van der Waals surface area contributed by atoms with Crippen LogP contribution in [0.15, 0.2) is 34.7 Å². The van der Waals surface area contributed by atoms with E-state index < -0.39 is 0 Å². The Morgan fingerprint density at radius 3 is 2.84 bits per heavy atom. The Kier molecular flexibility index (Phi) is 2.58. The van der Waals surface area contributed by atoms with Crippen LogP contribution in [-0.4, -0.2) is 15.2 Å². The number of nitrogens with one attached hydrogen (secondary N) is 1. The second kappa shape index (κ2) is 4.38. The summed E-state index contributed by atoms with van der Waals surface area (Å²) in [6, 6.07) is 9.14. The lowest BCUT2D eigenvalue weighted by molar-refractivity contribution is 0.561. The van der Waals surface area contributed by atoms with E-state index in [9.17, 15) is 0 Å². The molecule has 6 nitrogen and oxygen atoms in total. The van der Waals surface area contributed by atoms with Crippen LogP contribution in [0.2, 0.25) is 0 Å². The summed E-state index contributed by atoms with van der Waals surface area (Å²) in [5, 5.41) is 18.9. The molecule has 0 saturated heterocycles. The molecule has 0 radical (unpaired) electrons. The second-order valence-corrected chi connectivity index (χ2v) is 3.96. The van der Waals surface area contributed by atoms with Gasteiger partial charge in [-0.2, -0.15) is 5.26 Å². The number of oxazole rings is 1. The number of aromatic nitrogens is 3. The standard InChI is InChI=1S/C13H9N5O/c1-8-16-11-6-9(2-4-12(11)19-8)10-3-5-13(15-7-14)18-17-10/h2-6H,1H3,(H,15,18). The van der Waals surface area contributed by atoms with Gasteiger partial charge in [-0.05, 0) is 30.3 Å². The van der Waals surface area contributed by atoms with Crippen molar-refractivity contribution in [2.24, 2.45) is 0 Å². The summed E-state index contributed by atoms with van der Waals surface area (Å²) < 4.78 is 5.42. The zero-order valence-corrected chi connectivity index (χ0v) is 10.1. The molecule has 2 heterocycles. The quantitative estimate of drug-likeness (QED) is 0.556. The lowest BCUT2D eigenvalue weighted by atomic mass is 10.1. The van der Waals surface area contributed by atoms with Crippen molar-refractivity contribution in [1.29, 1.82) is 5.26 Å². The fraction of sp³-hybridized carbons (Fsp3) is 0.0769. The van der Waals surface area contributed by atoms with Gasteiger partial charge >= 0.3 is 0 Å². The van der Waals surface area contributed by atoms with Gasteiger partial charge in [-0.1, -0.05) is 0 Å². The number of nitriles is 1. The van der Waals surface area contributed by atoms with Gasteiger partial charge in [0.15, 0.2) is 23.5 Å². The Morgan fingerprint density at radius 1 is 1.21 bits per heavy atom. The van der Waals surface area contributed by atoms with Crippen LogP contribution >= 0.6 is 0 Å². The Bertz CT molecular complexity index is 770. The van der Waals surface area contributed by atoms with Crippen molar-refractivity contribution in [2.45, 2.75) is 6.92 Å². The zero-order chi connectivity index (χ0) is 13.2. The number of anilines is 1. The first-order valence-electron chi connectivity index (χ1n) is 5.62. The van der Waals surface area contributed by atoms with Crippen LogP contribution in [0.25, 0.3) is 22.4 Å². The predicted octanol–water partition coefficient (Wildman–Crippen LogP) is 2.49. The molecule has 0 saturated carbocycles. The van der Waals surface area contributed by atoms with Gasteiger partial charge in [0.2, 0.25) is 0 Å². The molecule has 0 bridgehead atoms. The number of rotatable bonds is 2. The van der Waals surface area contributed by atoms with Gasteiger partial charge in [-0.25, -0.2) is 4.98 Å². The molecule has 1 aromatic carbocycles. The Morgan fingerprint density at radius 2 is 2.11 bits per heavy atom. The van der Waals surface area contributed by atoms with Crippen LogP contribution in [0.4, 0.5) is 5.82 Å². The molecule has 0 aliphatic heterocycles. The van der Waals surface area contributed by atoms with Crippen molar-refractivity contribution >= 4 is 16.9 Å². The van der Waals surface area contributed by atoms with Gasteiger partial charge in [0.05, 0.1) is 5.69 Å². The van der Waals surface area contributed by atoms with Gasteiger partial charge < -0.3 is 4.42 Å². The maximum Gasteiger partial charge on any atom is 0.192 e. The molecule has 0 aliphatic carbocycles. The number of aryl methyl sites for hydroxylation is 1. The van der Waals surface area contributed by atoms with Crippen molar-refractivity contribution in [2.75, 3.05) is 5.32 Å². The molecule has 3 aromatic rings. The summed E-state index contributed by atoms with van der Waals surface area (Å²) >= 11 is 0. The first kappa shape index (κ1) is 11.2. The molecule has 92 valence electrons. The number of fused-ring (bicyclic) bond motifs is 1. The van der Waals surface area contributed by atoms with E-state index in [0.717, 1.165) is 16.7 Å². The first-order chi connectivity index (χ1) is 9.26. The molecule has 0 amide bonds. The summed E-state index contributed by atoms with van der Waals surface area (Å²) in [5.41, 5.74) is 3.15. The Balaban J connectivity index is 2.01. The minimum atomic E-state index is 0.421. The maximum atomic E-state index is 8.48. The molecule has 0 fully saturated rings. The molecular formula is C13H9N5O. The highest BCUT2D eigenvalue weighted by atomic mass is 16.3. The zero-order valence-electron chi connectivity index (χ0n) is 10.1. The van der Waals surface area contributed by atoms with Crippen molar-refractivity contribution in [3.8, 4) is 17.5 Å². The molecule has 0 atom stereocenters. The smallest absolute Gasteiger partial charge is 0.192 e. The Hall–Kier alpha value is -2.94. The van der Waals surface area contributed by atoms with E-state index in [1.54, 1.807) is 18.3 Å². The van der Waals surface area contributed by atoms with Crippen molar-refractivity contribution in [1.82, 2.24) is 15.2 Å². The molecule has 0 unspecified atom stereocenters. The third-order valence-corrected chi connectivity index (χ3v) is 2.64. The van der Waals surface area contributed by atoms with E-state index in [2.05, 4.69) is 20.5 Å². The summed E-state index contributed by atoms with van der Waals surface area (Å²) in [6.45, 7) is 1.81. The van der Waals surface area contributed by atoms with Gasteiger partial charge in [-0.15, -0.1) is 10.2 Å². The first-order valence-corrected chi connectivity index (χ1v) is 5.62. The van der Waals surface area contributed by atoms with Crippen LogP contribution in [0.5, 0.6) is 0 Å². The number of benzene rings is 1. The minimum absolute atomic E-state index is 0.421. The third-order valence-electron chi connectivity index (χ3n) is 2.64. The van der Waals surface area contributed by atoms with Gasteiger partial charge in [0.1, 0.15) is 5.52 Å². The highest BCUT2D eigenvalue weighted by molar-refractivity contribution is 5.79. The second-order valence-electron chi connectivity index (χ2n) is 3.96. The molecule has 3 rings (SSSR count). The predicted molar refractivity (Wildman–Crippen MR) is 69.0 cm³/mol. The van der Waals surface area contributed by atoms with E-state index in [4.69, 9.17) is 9.68 Å². The van der Waals surface area contributed by atoms with Gasteiger partial charge in [-0.3, -0.25) is 5.32 Å². The number of hydrogen-bond donors (Lipinski definition) is 1. The largest absolute Gasteiger partial charge is 0.441 e. The SMILES string of the molecule is Cc1nc2cc(-c3ccc(NC#N)nn3)ccc2o1. The summed E-state index contributed by atoms with van der Waals surface area (Å²) in [5.74, 6) is 1.05. The molecule has 0 spiro atoms. The van der Waals surface area contributed by atoms with E-state index >= 15 is 0 Å². The van der Waals surface area contributed by atoms with Gasteiger partial charge in [0, 0.05) is 12.5 Å². The minimum Gasteiger partial charge on any atom is -0.441 e. The van der Waals surface area contributed by atoms with E-state index in [-0.39, 0.29) is 0 Å². The Labute approximate surface area is 108 Å². The van der Waals surface area contributed by atoms with Crippen LogP contribution in [0.3, 0.4) is 0 Å². The summed E-state index contributed by atoms with van der Waals surface area (Å²) in [7, 11) is 0. The highest BCUT2D eigenvalue weighted by Crippen LogP contribution is 2.23. The van der Waals surface area contributed by atoms with Crippen LogP contribution in [0.1, 0.15) is 5.89 Å². The fourth-order valence-electron chi connectivity index (χ4n) is 1.81. The highest BCUT2D eigenvalue weighted by Gasteiger charge is 2.06. The third kappa shape index (κ3) is 2.09. The molecular weight excluding hydrogens is 242 g/mol. The topological polar surface area (TPSA) is 87.6 Å².